The van der Waals surface area contributed by atoms with Crippen molar-refractivity contribution >= 4 is 83.4 Å². The molecule has 1 aromatic heterocycles. The number of phenols is 1. The highest BCUT2D eigenvalue weighted by Crippen LogP contribution is 2.20. The third-order valence-corrected chi connectivity index (χ3v) is 12.5. The van der Waals surface area contributed by atoms with Gasteiger partial charge in [-0.25, -0.2) is 0 Å². The molecular weight excluding hydrogens is 965 g/mol. The molecule has 0 aliphatic carbocycles. The van der Waals surface area contributed by atoms with Gasteiger partial charge in [-0.05, 0) is 80.0 Å². The Hall–Kier alpha value is -6.62. The van der Waals surface area contributed by atoms with Gasteiger partial charge in [-0.15, -0.1) is 0 Å². The third kappa shape index (κ3) is 17.9. The van der Waals surface area contributed by atoms with Gasteiger partial charge in [-0.3, -0.25) is 38.4 Å². The lowest BCUT2D eigenvalue weighted by Gasteiger charge is -2.29. The van der Waals surface area contributed by atoms with Crippen molar-refractivity contribution in [1.82, 2.24) is 42.2 Å². The van der Waals surface area contributed by atoms with Gasteiger partial charge in [0.05, 0.1) is 6.10 Å². The van der Waals surface area contributed by atoms with E-state index in [-0.39, 0.29) is 49.5 Å². The SMILES string of the molecule is CC(C)[C@H](NC(=O)[C@H](CCCCN)NC(=O)[C@@H](Cc1c[nH]c2ccccc12)NC(=O)[C@H](Cc1ccc(O)cc1)NC(=O)[C@@H](CS)NC(=O)CCc1ccccc1)C(=O)N[C@@H](CS)C(=O)N[C@H](C(N)=O)[C@@H](C)O. The highest BCUT2D eigenvalue weighted by molar-refractivity contribution is 7.80. The van der Waals surface area contributed by atoms with Crippen LogP contribution in [0.2, 0.25) is 0 Å². The number of unbranched alkanes of at least 4 members (excludes halogenated alkanes) is 1. The molecule has 14 N–H and O–H groups in total. The Balaban J connectivity index is 1.61. The topological polar surface area (TPSA) is 329 Å². The summed E-state index contributed by atoms with van der Waals surface area (Å²) in [4.78, 5) is 112. The first-order chi connectivity index (χ1) is 34.3. The van der Waals surface area contributed by atoms with Gasteiger partial charge < -0.3 is 63.9 Å². The van der Waals surface area contributed by atoms with Crippen LogP contribution >= 0.6 is 25.3 Å². The molecule has 390 valence electrons. The average Bonchev–Trinajstić information content (AvgIpc) is 3.77. The van der Waals surface area contributed by atoms with Gasteiger partial charge in [-0.2, -0.15) is 25.3 Å². The summed E-state index contributed by atoms with van der Waals surface area (Å²) in [5.74, 6) is -7.05. The molecule has 0 aliphatic rings. The smallest absolute Gasteiger partial charge is 0.244 e. The normalized spacial score (nSPS) is 14.6. The van der Waals surface area contributed by atoms with Crippen LogP contribution in [0.15, 0.2) is 85.1 Å². The molecule has 0 bridgehead atoms. The molecule has 0 saturated carbocycles. The molecule has 0 spiro atoms. The number of aromatic hydroxyl groups is 1. The van der Waals surface area contributed by atoms with Crippen molar-refractivity contribution in [2.24, 2.45) is 17.4 Å². The number of H-pyrrole nitrogens is 1. The molecule has 0 aliphatic heterocycles. The van der Waals surface area contributed by atoms with Crippen molar-refractivity contribution in [2.45, 2.75) is 114 Å². The number of benzene rings is 3. The highest BCUT2D eigenvalue weighted by atomic mass is 32.1. The van der Waals surface area contributed by atoms with Crippen molar-refractivity contribution in [3.8, 4) is 5.75 Å². The van der Waals surface area contributed by atoms with E-state index in [1.807, 2.05) is 54.6 Å². The molecule has 0 saturated heterocycles. The van der Waals surface area contributed by atoms with Crippen LogP contribution < -0.4 is 48.7 Å². The van der Waals surface area contributed by atoms with E-state index in [1.165, 1.54) is 19.1 Å². The van der Waals surface area contributed by atoms with E-state index in [0.717, 1.165) is 16.5 Å². The van der Waals surface area contributed by atoms with E-state index < -0.39 is 102 Å². The minimum absolute atomic E-state index is 0.0315. The second kappa shape index (κ2) is 29.0. The minimum Gasteiger partial charge on any atom is -0.508 e. The second-order valence-electron chi connectivity index (χ2n) is 17.8. The summed E-state index contributed by atoms with van der Waals surface area (Å²) >= 11 is 8.50. The number of phenolic OH excluding ortho intramolecular Hbond substituents is 1. The van der Waals surface area contributed by atoms with Crippen LogP contribution in [0.3, 0.4) is 0 Å². The quantitative estimate of drug-likeness (QED) is 0.0257. The number of primary amides is 1. The Kier molecular flexibility index (Phi) is 23.4. The number of hydrogen-bond acceptors (Lipinski definition) is 13. The van der Waals surface area contributed by atoms with Crippen molar-refractivity contribution in [1.29, 1.82) is 0 Å². The summed E-state index contributed by atoms with van der Waals surface area (Å²) in [5.41, 5.74) is 14.0. The predicted octanol–water partition coefficient (Wildman–Crippen LogP) is 0.196. The fourth-order valence-corrected chi connectivity index (χ4v) is 8.19. The Bertz CT molecular complexity index is 2460. The van der Waals surface area contributed by atoms with E-state index in [4.69, 9.17) is 11.5 Å². The maximum atomic E-state index is 14.7. The first-order valence-corrected chi connectivity index (χ1v) is 25.0. The summed E-state index contributed by atoms with van der Waals surface area (Å²) in [6.45, 7) is 4.83. The number of aliphatic hydroxyl groups is 1. The van der Waals surface area contributed by atoms with E-state index in [0.29, 0.717) is 30.4 Å². The number of hydrogen-bond donors (Lipinski definition) is 14. The molecule has 0 unspecified atom stereocenters. The van der Waals surface area contributed by atoms with Crippen molar-refractivity contribution in [2.75, 3.05) is 18.1 Å². The number of fused-ring (bicyclic) bond motifs is 1. The molecule has 1 heterocycles. The number of thiol groups is 2. The molecule has 0 radical (unpaired) electrons. The Morgan fingerprint density at radius 3 is 1.72 bits per heavy atom. The highest BCUT2D eigenvalue weighted by Gasteiger charge is 2.35. The van der Waals surface area contributed by atoms with Gasteiger partial charge in [0, 0.05) is 47.9 Å². The first kappa shape index (κ1) is 58.0. The molecule has 3 aromatic carbocycles. The van der Waals surface area contributed by atoms with Gasteiger partial charge in [0.2, 0.25) is 47.3 Å². The Morgan fingerprint density at radius 1 is 0.597 bits per heavy atom. The fourth-order valence-electron chi connectivity index (χ4n) is 7.68. The average molecular weight is 1030 g/mol. The summed E-state index contributed by atoms with van der Waals surface area (Å²) < 4.78 is 0. The molecule has 8 amide bonds. The summed E-state index contributed by atoms with van der Waals surface area (Å²) in [5, 5.41) is 39.2. The first-order valence-electron chi connectivity index (χ1n) is 23.7. The van der Waals surface area contributed by atoms with Crippen molar-refractivity contribution < 1.29 is 48.6 Å². The molecule has 8 atom stereocenters. The number of amides is 8. The second-order valence-corrected chi connectivity index (χ2v) is 18.5. The molecule has 20 nitrogen and oxygen atoms in total. The number of nitrogens with one attached hydrogen (secondary N) is 8. The van der Waals surface area contributed by atoms with Gasteiger partial charge in [0.15, 0.2) is 0 Å². The number of carbonyl (C=O) groups excluding carboxylic acids is 8. The van der Waals surface area contributed by atoms with Crippen molar-refractivity contribution in [3.05, 3.63) is 102 Å². The lowest BCUT2D eigenvalue weighted by molar-refractivity contribution is -0.136. The standard InChI is InChI=1S/C50H68N10O10S2/c1-28(2)42(50(70)58-40(27-72)49(69)60-43(29(3)61)44(52)64)59-45(65)36(15-9-10-22-51)55-47(67)38(24-32-25-53-35-14-8-7-13-34(32)35)57-46(66)37(23-31-16-19-33(62)20-17-31)56-48(68)39(26-71)54-41(63)21-18-30-11-5-4-6-12-30/h4-8,11-14,16-17,19-20,25,28-29,36-40,42-43,53,61-62,71-72H,9-10,15,18,21-24,26-27,51H2,1-3H3,(H2,52,64)(H,54,63)(H,55,67)(H,56,68)(H,57,66)(H,58,70)(H,59,65)(H,60,69)/t29-,36+,37+,38-,39-,40+,42+,43+/m1/s1. The number of aromatic nitrogens is 1. The third-order valence-electron chi connectivity index (χ3n) is 11.8. The molecular formula is C50H68N10O10S2. The van der Waals surface area contributed by atoms with Gasteiger partial charge >= 0.3 is 0 Å². The van der Waals surface area contributed by atoms with E-state index in [2.05, 4.69) is 67.5 Å². The Morgan fingerprint density at radius 2 is 1.12 bits per heavy atom. The molecule has 4 aromatic rings. The molecule has 4 rings (SSSR count). The zero-order valence-corrected chi connectivity index (χ0v) is 42.3. The predicted molar refractivity (Wildman–Crippen MR) is 278 cm³/mol. The summed E-state index contributed by atoms with van der Waals surface area (Å²) in [6, 6.07) is 13.5. The van der Waals surface area contributed by atoms with E-state index in [1.54, 1.807) is 32.2 Å². The van der Waals surface area contributed by atoms with E-state index >= 15 is 0 Å². The lowest BCUT2D eigenvalue weighted by atomic mass is 10.00. The number of aryl methyl sites for hydroxylation is 1. The minimum atomic E-state index is -1.45. The maximum absolute atomic E-state index is 14.7. The van der Waals surface area contributed by atoms with Crippen LogP contribution in [-0.2, 0) is 57.6 Å². The van der Waals surface area contributed by atoms with Crippen LogP contribution in [0.5, 0.6) is 5.75 Å². The van der Waals surface area contributed by atoms with Crippen LogP contribution in [-0.4, -0.2) is 129 Å². The number of rotatable bonds is 29. The number of carbonyl (C=O) groups is 8. The van der Waals surface area contributed by atoms with Gasteiger partial charge in [0.1, 0.15) is 48.0 Å². The van der Waals surface area contributed by atoms with Gasteiger partial charge in [0.25, 0.3) is 0 Å². The van der Waals surface area contributed by atoms with Crippen molar-refractivity contribution in [3.63, 3.8) is 0 Å². The molecule has 72 heavy (non-hydrogen) atoms. The van der Waals surface area contributed by atoms with E-state index in [9.17, 15) is 48.6 Å². The van der Waals surface area contributed by atoms with Crippen LogP contribution in [0, 0.1) is 5.92 Å². The Labute approximate surface area is 429 Å². The fraction of sp³-hybridized carbons (Fsp3) is 0.440. The number of aliphatic hydroxyl groups excluding tert-OH is 1. The van der Waals surface area contributed by atoms with Gasteiger partial charge in [-0.1, -0.05) is 74.5 Å². The zero-order valence-electron chi connectivity index (χ0n) is 40.6. The zero-order chi connectivity index (χ0) is 52.9. The van der Waals surface area contributed by atoms with Crippen LogP contribution in [0.4, 0.5) is 0 Å². The largest absolute Gasteiger partial charge is 0.508 e. The van der Waals surface area contributed by atoms with Crippen LogP contribution in [0.1, 0.15) is 63.1 Å². The molecule has 0 fully saturated rings. The lowest BCUT2D eigenvalue weighted by Crippen LogP contribution is -2.61. The monoisotopic (exact) mass is 1030 g/mol. The number of aromatic amines is 1. The summed E-state index contributed by atoms with van der Waals surface area (Å²) in [7, 11) is 0. The number of para-hydroxylation sites is 1. The maximum Gasteiger partial charge on any atom is 0.244 e. The molecule has 22 heteroatoms. The van der Waals surface area contributed by atoms with Crippen LogP contribution in [0.25, 0.3) is 10.9 Å². The number of nitrogens with two attached hydrogens (primary N) is 2. The summed E-state index contributed by atoms with van der Waals surface area (Å²) in [6.07, 6.45) is 1.57.